The molecule has 3 aliphatic rings. The number of amides is 1. The van der Waals surface area contributed by atoms with Gasteiger partial charge < -0.3 is 16.0 Å². The fourth-order valence-electron chi connectivity index (χ4n) is 4.54. The van der Waals surface area contributed by atoms with Gasteiger partial charge in [-0.1, -0.05) is 6.42 Å². The first-order valence-electron chi connectivity index (χ1n) is 8.51. The number of carbonyl (C=O) groups is 1. The van der Waals surface area contributed by atoms with Crippen LogP contribution in [0.1, 0.15) is 44.9 Å². The molecule has 0 radical (unpaired) electrons. The Morgan fingerprint density at radius 1 is 1.09 bits per heavy atom. The van der Waals surface area contributed by atoms with E-state index in [1.165, 1.54) is 51.6 Å². The van der Waals surface area contributed by atoms with E-state index in [0.29, 0.717) is 11.8 Å². The first kappa shape index (κ1) is 20.0. The van der Waals surface area contributed by atoms with Gasteiger partial charge in [-0.15, -0.1) is 24.8 Å². The quantitative estimate of drug-likeness (QED) is 0.746. The van der Waals surface area contributed by atoms with E-state index in [-0.39, 0.29) is 42.7 Å². The van der Waals surface area contributed by atoms with Crippen LogP contribution < -0.4 is 11.1 Å². The first-order chi connectivity index (χ1) is 9.75. The van der Waals surface area contributed by atoms with E-state index in [0.717, 1.165) is 19.5 Å². The predicted octanol–water partition coefficient (Wildman–Crippen LogP) is 2.20. The van der Waals surface area contributed by atoms with Gasteiger partial charge in [-0.3, -0.25) is 4.79 Å². The highest BCUT2D eigenvalue weighted by atomic mass is 35.5. The van der Waals surface area contributed by atoms with Crippen molar-refractivity contribution in [3.63, 3.8) is 0 Å². The number of nitrogens with one attached hydrogen (secondary N) is 1. The van der Waals surface area contributed by atoms with Crippen molar-refractivity contribution in [2.45, 2.75) is 51.0 Å². The molecule has 3 rings (SSSR count). The Bertz CT molecular complexity index is 348. The SMILES string of the molecule is Cl.Cl.NC1C2CCC(C2)C1C(=O)NCCCN1CCCCC1. The Hall–Kier alpha value is -0.0300. The Morgan fingerprint density at radius 3 is 2.41 bits per heavy atom. The third kappa shape index (κ3) is 4.50. The smallest absolute Gasteiger partial charge is 0.224 e. The van der Waals surface area contributed by atoms with Crippen LogP contribution in [0.3, 0.4) is 0 Å². The van der Waals surface area contributed by atoms with Crippen LogP contribution in [0.4, 0.5) is 0 Å². The highest BCUT2D eigenvalue weighted by Gasteiger charge is 2.48. The van der Waals surface area contributed by atoms with Crippen LogP contribution in [0, 0.1) is 17.8 Å². The summed E-state index contributed by atoms with van der Waals surface area (Å²) in [7, 11) is 0. The largest absolute Gasteiger partial charge is 0.356 e. The molecule has 1 aliphatic heterocycles. The lowest BCUT2D eigenvalue weighted by molar-refractivity contribution is -0.127. The second kappa shape index (κ2) is 9.31. The maximum atomic E-state index is 12.3. The standard InChI is InChI=1S/C16H29N3O.2ClH/c17-15-13-6-5-12(11-13)14(15)16(20)18-7-4-10-19-8-2-1-3-9-19;;/h12-15H,1-11,17H2,(H,18,20);2*1H. The molecular weight excluding hydrogens is 321 g/mol. The second-order valence-electron chi connectivity index (χ2n) is 6.98. The van der Waals surface area contributed by atoms with E-state index in [2.05, 4.69) is 10.2 Å². The third-order valence-corrected chi connectivity index (χ3v) is 5.68. The number of rotatable bonds is 5. The van der Waals surface area contributed by atoms with Gasteiger partial charge in [0.2, 0.25) is 5.91 Å². The lowest BCUT2D eigenvalue weighted by atomic mass is 9.84. The van der Waals surface area contributed by atoms with Crippen LogP contribution >= 0.6 is 24.8 Å². The molecule has 0 aromatic rings. The van der Waals surface area contributed by atoms with E-state index >= 15 is 0 Å². The molecule has 4 atom stereocenters. The predicted molar refractivity (Wildman–Crippen MR) is 94.7 cm³/mol. The number of nitrogens with two attached hydrogens (primary N) is 1. The summed E-state index contributed by atoms with van der Waals surface area (Å²) in [6.45, 7) is 4.43. The van der Waals surface area contributed by atoms with Gasteiger partial charge in [0.25, 0.3) is 0 Å². The zero-order valence-electron chi connectivity index (χ0n) is 13.3. The normalized spacial score (nSPS) is 33.9. The fraction of sp³-hybridized carbons (Fsp3) is 0.938. The van der Waals surface area contributed by atoms with Crippen LogP contribution in [0.25, 0.3) is 0 Å². The molecule has 130 valence electrons. The van der Waals surface area contributed by atoms with Crippen molar-refractivity contribution in [3.05, 3.63) is 0 Å². The van der Waals surface area contributed by atoms with Gasteiger partial charge in [0.05, 0.1) is 5.92 Å². The molecule has 2 saturated carbocycles. The zero-order valence-corrected chi connectivity index (χ0v) is 15.0. The monoisotopic (exact) mass is 351 g/mol. The highest BCUT2D eigenvalue weighted by Crippen LogP contribution is 2.47. The molecule has 3 fully saturated rings. The van der Waals surface area contributed by atoms with E-state index in [9.17, 15) is 4.79 Å². The molecule has 0 aromatic heterocycles. The van der Waals surface area contributed by atoms with Crippen molar-refractivity contribution in [1.82, 2.24) is 10.2 Å². The Labute approximate surface area is 146 Å². The summed E-state index contributed by atoms with van der Waals surface area (Å²) < 4.78 is 0. The van der Waals surface area contributed by atoms with Crippen LogP contribution in [-0.4, -0.2) is 43.0 Å². The molecule has 1 saturated heterocycles. The van der Waals surface area contributed by atoms with Gasteiger partial charge in [-0.25, -0.2) is 0 Å². The minimum absolute atomic E-state index is 0. The summed E-state index contributed by atoms with van der Waals surface area (Å²) in [5.41, 5.74) is 6.22. The summed E-state index contributed by atoms with van der Waals surface area (Å²) >= 11 is 0. The van der Waals surface area contributed by atoms with Crippen LogP contribution in [0.15, 0.2) is 0 Å². The number of fused-ring (bicyclic) bond motifs is 2. The Kier molecular flexibility index (Phi) is 8.47. The van der Waals surface area contributed by atoms with Gasteiger partial charge in [-0.2, -0.15) is 0 Å². The van der Waals surface area contributed by atoms with E-state index in [1.54, 1.807) is 0 Å². The summed E-state index contributed by atoms with van der Waals surface area (Å²) in [6.07, 6.45) is 8.78. The summed E-state index contributed by atoms with van der Waals surface area (Å²) in [6, 6.07) is 0.121. The van der Waals surface area contributed by atoms with Crippen molar-refractivity contribution in [3.8, 4) is 0 Å². The van der Waals surface area contributed by atoms with Gasteiger partial charge in [0.1, 0.15) is 0 Å². The van der Waals surface area contributed by atoms with Crippen LogP contribution in [0.2, 0.25) is 0 Å². The third-order valence-electron chi connectivity index (χ3n) is 5.68. The summed E-state index contributed by atoms with van der Waals surface area (Å²) in [5, 5.41) is 3.13. The lowest BCUT2D eigenvalue weighted by Gasteiger charge is -2.28. The molecule has 6 heteroatoms. The molecule has 0 spiro atoms. The molecule has 4 nitrogen and oxygen atoms in total. The maximum Gasteiger partial charge on any atom is 0.224 e. The molecule has 4 unspecified atom stereocenters. The molecule has 1 amide bonds. The molecule has 2 bridgehead atoms. The maximum absolute atomic E-state index is 12.3. The fourth-order valence-corrected chi connectivity index (χ4v) is 4.54. The van der Waals surface area contributed by atoms with Gasteiger partial charge in [-0.05, 0) is 70.0 Å². The minimum atomic E-state index is 0. The van der Waals surface area contributed by atoms with Crippen LogP contribution in [-0.2, 0) is 4.79 Å². The highest BCUT2D eigenvalue weighted by molar-refractivity contribution is 5.85. The van der Waals surface area contributed by atoms with Crippen molar-refractivity contribution in [2.24, 2.45) is 23.5 Å². The Morgan fingerprint density at radius 2 is 1.77 bits per heavy atom. The zero-order chi connectivity index (χ0) is 13.9. The molecule has 1 heterocycles. The average molecular weight is 352 g/mol. The van der Waals surface area contributed by atoms with Crippen molar-refractivity contribution >= 4 is 30.7 Å². The number of hydrogen-bond donors (Lipinski definition) is 2. The number of piperidine rings is 1. The molecule has 3 N–H and O–H groups in total. The van der Waals surface area contributed by atoms with Gasteiger partial charge in [0, 0.05) is 12.6 Å². The second-order valence-corrected chi connectivity index (χ2v) is 6.98. The molecule has 2 aliphatic carbocycles. The lowest BCUT2D eigenvalue weighted by Crippen LogP contribution is -2.45. The Balaban J connectivity index is 0.00000121. The summed E-state index contributed by atoms with van der Waals surface area (Å²) in [4.78, 5) is 14.8. The molecule has 0 aromatic carbocycles. The number of nitrogens with zero attached hydrogens (tertiary/aromatic N) is 1. The van der Waals surface area contributed by atoms with E-state index in [4.69, 9.17) is 5.73 Å². The minimum Gasteiger partial charge on any atom is -0.356 e. The molecular formula is C16H31Cl2N3O. The van der Waals surface area contributed by atoms with E-state index < -0.39 is 0 Å². The van der Waals surface area contributed by atoms with Crippen molar-refractivity contribution < 1.29 is 4.79 Å². The number of likely N-dealkylation sites (tertiary alicyclic amines) is 1. The topological polar surface area (TPSA) is 58.4 Å². The number of carbonyl (C=O) groups excluding carboxylic acids is 1. The number of hydrogen-bond acceptors (Lipinski definition) is 3. The van der Waals surface area contributed by atoms with Crippen molar-refractivity contribution in [1.29, 1.82) is 0 Å². The summed E-state index contributed by atoms with van der Waals surface area (Å²) in [5.74, 6) is 1.51. The van der Waals surface area contributed by atoms with Gasteiger partial charge in [0.15, 0.2) is 0 Å². The molecule has 22 heavy (non-hydrogen) atoms. The van der Waals surface area contributed by atoms with E-state index in [1.807, 2.05) is 0 Å². The van der Waals surface area contributed by atoms with Crippen molar-refractivity contribution in [2.75, 3.05) is 26.2 Å². The first-order valence-corrected chi connectivity index (χ1v) is 8.51. The van der Waals surface area contributed by atoms with Gasteiger partial charge >= 0.3 is 0 Å². The van der Waals surface area contributed by atoms with Crippen LogP contribution in [0.5, 0.6) is 0 Å². The number of halogens is 2. The average Bonchev–Trinajstić information content (AvgIpc) is 3.05.